The summed E-state index contributed by atoms with van der Waals surface area (Å²) >= 11 is 0. The molecule has 0 bridgehead atoms. The van der Waals surface area contributed by atoms with Gasteiger partial charge in [-0.15, -0.1) is 0 Å². The van der Waals surface area contributed by atoms with E-state index in [0.717, 1.165) is 6.42 Å². The van der Waals surface area contributed by atoms with Crippen molar-refractivity contribution in [3.05, 3.63) is 24.3 Å². The highest BCUT2D eigenvalue weighted by Crippen LogP contribution is 2.17. The highest BCUT2D eigenvalue weighted by molar-refractivity contribution is 5.44. The first-order valence-electron chi connectivity index (χ1n) is 5.69. The molecular weight excluding hydrogens is 220 g/mol. The maximum absolute atomic E-state index is 9.76. The molecule has 92 valence electrons. The van der Waals surface area contributed by atoms with Crippen molar-refractivity contribution in [3.8, 4) is 11.6 Å². The van der Waals surface area contributed by atoms with Crippen molar-refractivity contribution in [1.82, 2.24) is 10.1 Å². The first kappa shape index (κ1) is 11.9. The Balaban J connectivity index is 1.99. The lowest BCUT2D eigenvalue weighted by Crippen LogP contribution is -2.13. The molecule has 17 heavy (non-hydrogen) atoms. The van der Waals surface area contributed by atoms with Crippen LogP contribution >= 0.6 is 0 Å². The van der Waals surface area contributed by atoms with Crippen molar-refractivity contribution in [2.45, 2.75) is 32.8 Å². The Morgan fingerprint density at radius 3 is 2.88 bits per heavy atom. The summed E-state index contributed by atoms with van der Waals surface area (Å²) in [5.74, 6) is 1.86. The Morgan fingerprint density at radius 1 is 1.41 bits per heavy atom. The SMILES string of the molecule is CC(C)CC(O)Cc1nc(-c2ccco2)no1. The van der Waals surface area contributed by atoms with Gasteiger partial charge in [-0.05, 0) is 24.5 Å². The number of furan rings is 1. The zero-order valence-corrected chi connectivity index (χ0v) is 9.96. The Labute approximate surface area is 99.5 Å². The Morgan fingerprint density at radius 2 is 2.24 bits per heavy atom. The summed E-state index contributed by atoms with van der Waals surface area (Å²) in [4.78, 5) is 4.17. The average Bonchev–Trinajstić information content (AvgIpc) is 2.84. The van der Waals surface area contributed by atoms with E-state index in [1.807, 2.05) is 0 Å². The van der Waals surface area contributed by atoms with E-state index in [0.29, 0.717) is 29.8 Å². The molecule has 1 unspecified atom stereocenters. The number of aliphatic hydroxyl groups excluding tert-OH is 1. The van der Waals surface area contributed by atoms with E-state index < -0.39 is 6.10 Å². The fourth-order valence-electron chi connectivity index (χ4n) is 1.67. The molecule has 2 aromatic rings. The van der Waals surface area contributed by atoms with Gasteiger partial charge in [0, 0.05) is 0 Å². The van der Waals surface area contributed by atoms with Crippen molar-refractivity contribution >= 4 is 0 Å². The van der Waals surface area contributed by atoms with Gasteiger partial charge in [-0.25, -0.2) is 0 Å². The van der Waals surface area contributed by atoms with Gasteiger partial charge in [0.1, 0.15) is 0 Å². The molecule has 1 atom stereocenters. The van der Waals surface area contributed by atoms with Crippen LogP contribution in [0.5, 0.6) is 0 Å². The molecule has 0 aromatic carbocycles. The van der Waals surface area contributed by atoms with Gasteiger partial charge in [-0.1, -0.05) is 19.0 Å². The predicted molar refractivity (Wildman–Crippen MR) is 61.2 cm³/mol. The zero-order chi connectivity index (χ0) is 12.3. The molecule has 2 aromatic heterocycles. The molecule has 0 radical (unpaired) electrons. The van der Waals surface area contributed by atoms with Crippen molar-refractivity contribution in [3.63, 3.8) is 0 Å². The lowest BCUT2D eigenvalue weighted by Gasteiger charge is -2.09. The standard InChI is InChI=1S/C12H16N2O3/c1-8(2)6-9(15)7-11-13-12(14-17-11)10-4-3-5-16-10/h3-5,8-9,15H,6-7H2,1-2H3. The summed E-state index contributed by atoms with van der Waals surface area (Å²) in [6.07, 6.45) is 2.21. The lowest BCUT2D eigenvalue weighted by molar-refractivity contribution is 0.138. The number of aliphatic hydroxyl groups is 1. The molecule has 0 aliphatic heterocycles. The second-order valence-corrected chi connectivity index (χ2v) is 4.48. The second kappa shape index (κ2) is 5.14. The molecule has 0 saturated heterocycles. The summed E-state index contributed by atoms with van der Waals surface area (Å²) in [6, 6.07) is 3.53. The predicted octanol–water partition coefficient (Wildman–Crippen LogP) is 2.28. The van der Waals surface area contributed by atoms with Gasteiger partial charge in [-0.3, -0.25) is 0 Å². The van der Waals surface area contributed by atoms with E-state index in [-0.39, 0.29) is 0 Å². The lowest BCUT2D eigenvalue weighted by atomic mass is 10.0. The third-order valence-corrected chi connectivity index (χ3v) is 2.36. The first-order chi connectivity index (χ1) is 8.15. The van der Waals surface area contributed by atoms with Gasteiger partial charge < -0.3 is 14.0 Å². The van der Waals surface area contributed by atoms with E-state index in [1.54, 1.807) is 18.4 Å². The van der Waals surface area contributed by atoms with Crippen molar-refractivity contribution < 1.29 is 14.0 Å². The summed E-state index contributed by atoms with van der Waals surface area (Å²) in [5, 5.41) is 13.6. The van der Waals surface area contributed by atoms with Crippen LogP contribution < -0.4 is 0 Å². The van der Waals surface area contributed by atoms with Crippen LogP contribution in [0.15, 0.2) is 27.3 Å². The number of hydrogen-bond acceptors (Lipinski definition) is 5. The van der Waals surface area contributed by atoms with Gasteiger partial charge in [-0.2, -0.15) is 4.98 Å². The minimum absolute atomic E-state index is 0.381. The fourth-order valence-corrected chi connectivity index (χ4v) is 1.67. The third-order valence-electron chi connectivity index (χ3n) is 2.36. The van der Waals surface area contributed by atoms with Gasteiger partial charge in [0.25, 0.3) is 0 Å². The number of hydrogen-bond donors (Lipinski definition) is 1. The summed E-state index contributed by atoms with van der Waals surface area (Å²) in [7, 11) is 0. The van der Waals surface area contributed by atoms with E-state index >= 15 is 0 Å². The largest absolute Gasteiger partial charge is 0.461 e. The number of rotatable bonds is 5. The average molecular weight is 236 g/mol. The molecule has 0 aliphatic rings. The van der Waals surface area contributed by atoms with Crippen molar-refractivity contribution in [2.24, 2.45) is 5.92 Å². The number of nitrogens with zero attached hydrogens (tertiary/aromatic N) is 2. The zero-order valence-electron chi connectivity index (χ0n) is 9.96. The monoisotopic (exact) mass is 236 g/mol. The van der Waals surface area contributed by atoms with E-state index in [4.69, 9.17) is 8.94 Å². The van der Waals surface area contributed by atoms with Crippen LogP contribution in [0.4, 0.5) is 0 Å². The van der Waals surface area contributed by atoms with Crippen LogP contribution in [0, 0.1) is 5.92 Å². The van der Waals surface area contributed by atoms with E-state index in [9.17, 15) is 5.11 Å². The third kappa shape index (κ3) is 3.17. The molecule has 5 heteroatoms. The normalized spacial score (nSPS) is 13.2. The Bertz CT molecular complexity index is 448. The summed E-state index contributed by atoms with van der Waals surface area (Å²) < 4.78 is 10.2. The van der Waals surface area contributed by atoms with Crippen molar-refractivity contribution in [2.75, 3.05) is 0 Å². The molecule has 0 spiro atoms. The maximum Gasteiger partial charge on any atom is 0.238 e. The van der Waals surface area contributed by atoms with E-state index in [1.165, 1.54) is 0 Å². The Hall–Kier alpha value is -1.62. The molecular formula is C12H16N2O3. The maximum atomic E-state index is 9.76. The molecule has 2 rings (SSSR count). The van der Waals surface area contributed by atoms with Crippen LogP contribution in [-0.2, 0) is 6.42 Å². The second-order valence-electron chi connectivity index (χ2n) is 4.48. The minimum Gasteiger partial charge on any atom is -0.461 e. The minimum atomic E-state index is -0.445. The first-order valence-corrected chi connectivity index (χ1v) is 5.69. The van der Waals surface area contributed by atoms with Gasteiger partial charge in [0.15, 0.2) is 5.76 Å². The van der Waals surface area contributed by atoms with Crippen LogP contribution in [0.25, 0.3) is 11.6 Å². The topological polar surface area (TPSA) is 72.3 Å². The summed E-state index contributed by atoms with van der Waals surface area (Å²) in [5.41, 5.74) is 0. The quantitative estimate of drug-likeness (QED) is 0.862. The van der Waals surface area contributed by atoms with Crippen LogP contribution in [0.1, 0.15) is 26.2 Å². The fraction of sp³-hybridized carbons (Fsp3) is 0.500. The van der Waals surface area contributed by atoms with Crippen LogP contribution in [-0.4, -0.2) is 21.4 Å². The van der Waals surface area contributed by atoms with Crippen LogP contribution in [0.3, 0.4) is 0 Å². The molecule has 5 nitrogen and oxygen atoms in total. The van der Waals surface area contributed by atoms with E-state index in [2.05, 4.69) is 24.0 Å². The summed E-state index contributed by atoms with van der Waals surface area (Å²) in [6.45, 7) is 4.12. The van der Waals surface area contributed by atoms with Crippen LogP contribution in [0.2, 0.25) is 0 Å². The highest BCUT2D eigenvalue weighted by atomic mass is 16.5. The molecule has 1 N–H and O–H groups in total. The molecule has 0 saturated carbocycles. The molecule has 0 fully saturated rings. The van der Waals surface area contributed by atoms with Gasteiger partial charge >= 0.3 is 0 Å². The smallest absolute Gasteiger partial charge is 0.238 e. The Kier molecular flexibility index (Phi) is 3.58. The molecule has 2 heterocycles. The molecule has 0 amide bonds. The van der Waals surface area contributed by atoms with Gasteiger partial charge in [0.05, 0.1) is 18.8 Å². The van der Waals surface area contributed by atoms with Gasteiger partial charge in [0.2, 0.25) is 11.7 Å². The molecule has 0 aliphatic carbocycles. The number of aromatic nitrogens is 2. The van der Waals surface area contributed by atoms with Crippen molar-refractivity contribution in [1.29, 1.82) is 0 Å². The highest BCUT2D eigenvalue weighted by Gasteiger charge is 2.15.